The van der Waals surface area contributed by atoms with E-state index in [0.29, 0.717) is 17.3 Å². The fourth-order valence-electron chi connectivity index (χ4n) is 3.54. The molecular formula is C22H30ClN3O2S. The van der Waals surface area contributed by atoms with E-state index in [1.165, 1.54) is 16.9 Å². The second kappa shape index (κ2) is 11.3. The third kappa shape index (κ3) is 6.56. The molecule has 0 spiro atoms. The summed E-state index contributed by atoms with van der Waals surface area (Å²) < 4.78 is 0. The first kappa shape index (κ1) is 23.4. The van der Waals surface area contributed by atoms with E-state index in [-0.39, 0.29) is 24.2 Å². The number of carbonyl (C=O) groups excluding carboxylic acids is 2. The maximum atomic E-state index is 12.8. The highest BCUT2D eigenvalue weighted by molar-refractivity contribution is 7.18. The van der Waals surface area contributed by atoms with Crippen LogP contribution in [-0.4, -0.2) is 54.3 Å². The number of benzene rings is 1. The average Bonchev–Trinajstić information content (AvgIpc) is 3.20. The maximum Gasteiger partial charge on any atom is 0.263 e. The van der Waals surface area contributed by atoms with Gasteiger partial charge in [-0.15, -0.1) is 23.7 Å². The Hall–Kier alpha value is -1.89. The molecule has 1 N–H and O–H groups in total. The number of carbonyl (C=O) groups is 2. The Morgan fingerprint density at radius 2 is 1.83 bits per heavy atom. The summed E-state index contributed by atoms with van der Waals surface area (Å²) >= 11 is 1.36. The van der Waals surface area contributed by atoms with Gasteiger partial charge in [0.2, 0.25) is 5.91 Å². The van der Waals surface area contributed by atoms with E-state index in [2.05, 4.69) is 41.5 Å². The summed E-state index contributed by atoms with van der Waals surface area (Å²) in [5, 5.41) is 3.56. The van der Waals surface area contributed by atoms with Crippen LogP contribution in [0.3, 0.4) is 0 Å². The predicted molar refractivity (Wildman–Crippen MR) is 122 cm³/mol. The normalized spacial score (nSPS) is 14.5. The molecule has 0 atom stereocenters. The van der Waals surface area contributed by atoms with E-state index in [1.807, 2.05) is 30.0 Å². The number of amides is 2. The van der Waals surface area contributed by atoms with Crippen molar-refractivity contribution in [1.29, 1.82) is 0 Å². The van der Waals surface area contributed by atoms with E-state index in [1.54, 1.807) is 0 Å². The van der Waals surface area contributed by atoms with Crippen LogP contribution in [0, 0.1) is 0 Å². The zero-order chi connectivity index (χ0) is 19.9. The van der Waals surface area contributed by atoms with E-state index < -0.39 is 0 Å². The quantitative estimate of drug-likeness (QED) is 0.705. The minimum atomic E-state index is -0.0276. The predicted octanol–water partition coefficient (Wildman–Crippen LogP) is 4.30. The fourth-order valence-corrected chi connectivity index (χ4v) is 4.43. The topological polar surface area (TPSA) is 52.7 Å². The zero-order valence-corrected chi connectivity index (χ0v) is 18.7. The van der Waals surface area contributed by atoms with Crippen LogP contribution in [0.15, 0.2) is 42.5 Å². The minimum absolute atomic E-state index is 0. The first-order valence-corrected chi connectivity index (χ1v) is 10.8. The molecule has 1 aliphatic heterocycles. The molecule has 0 saturated carbocycles. The number of nitrogens with zero attached hydrogens (tertiary/aromatic N) is 2. The first-order chi connectivity index (χ1) is 13.6. The Labute approximate surface area is 183 Å². The Balaban J connectivity index is 0.00000300. The number of nitrogens with one attached hydrogen (secondary N) is 1. The van der Waals surface area contributed by atoms with Crippen LogP contribution in [-0.2, 0) is 11.2 Å². The van der Waals surface area contributed by atoms with Gasteiger partial charge in [0.25, 0.3) is 5.91 Å². The van der Waals surface area contributed by atoms with Gasteiger partial charge in [-0.05, 0) is 44.0 Å². The highest BCUT2D eigenvalue weighted by atomic mass is 35.5. The van der Waals surface area contributed by atoms with Gasteiger partial charge >= 0.3 is 0 Å². The van der Waals surface area contributed by atoms with Gasteiger partial charge in [0.15, 0.2) is 0 Å². The largest absolute Gasteiger partial charge is 0.338 e. The smallest absolute Gasteiger partial charge is 0.263 e. The summed E-state index contributed by atoms with van der Waals surface area (Å²) in [4.78, 5) is 29.3. The fraction of sp³-hybridized carbons (Fsp3) is 0.455. The van der Waals surface area contributed by atoms with Gasteiger partial charge in [-0.1, -0.05) is 37.3 Å². The summed E-state index contributed by atoms with van der Waals surface area (Å²) in [6, 6.07) is 14.7. The summed E-state index contributed by atoms with van der Waals surface area (Å²) in [6.07, 6.45) is 3.49. The SMILES string of the molecule is CCC(=O)Nc1ccc(C(=O)N2CCC(N(C)CCc3ccccc3)CC2)s1.Cl. The molecule has 1 fully saturated rings. The molecule has 3 rings (SSSR count). The molecule has 0 radical (unpaired) electrons. The van der Waals surface area contributed by atoms with E-state index in [4.69, 9.17) is 0 Å². The third-order valence-electron chi connectivity index (χ3n) is 5.37. The van der Waals surface area contributed by atoms with Crippen LogP contribution >= 0.6 is 23.7 Å². The van der Waals surface area contributed by atoms with Crippen molar-refractivity contribution >= 4 is 40.6 Å². The minimum Gasteiger partial charge on any atom is -0.338 e. The van der Waals surface area contributed by atoms with Crippen LogP contribution in [0.25, 0.3) is 0 Å². The molecule has 0 unspecified atom stereocenters. The van der Waals surface area contributed by atoms with Crippen molar-refractivity contribution < 1.29 is 9.59 Å². The average molecular weight is 436 g/mol. The lowest BCUT2D eigenvalue weighted by Crippen LogP contribution is -2.45. The van der Waals surface area contributed by atoms with Gasteiger partial charge in [0.1, 0.15) is 0 Å². The Bertz CT molecular complexity index is 788. The number of likely N-dealkylation sites (tertiary alicyclic amines) is 1. The van der Waals surface area contributed by atoms with E-state index in [9.17, 15) is 9.59 Å². The Kier molecular flexibility index (Phi) is 9.14. The zero-order valence-electron chi connectivity index (χ0n) is 17.1. The summed E-state index contributed by atoms with van der Waals surface area (Å²) in [5.74, 6) is 0.0487. The summed E-state index contributed by atoms with van der Waals surface area (Å²) in [5.41, 5.74) is 1.37. The summed E-state index contributed by atoms with van der Waals surface area (Å²) in [6.45, 7) is 4.42. The van der Waals surface area contributed by atoms with Gasteiger partial charge in [-0.3, -0.25) is 9.59 Å². The molecule has 2 heterocycles. The van der Waals surface area contributed by atoms with Gasteiger partial charge in [0, 0.05) is 32.1 Å². The monoisotopic (exact) mass is 435 g/mol. The second-order valence-corrected chi connectivity index (χ2v) is 8.39. The standard InChI is InChI=1S/C22H29N3O2S.ClH/c1-3-20(26)23-21-10-9-19(28-21)22(27)25-15-12-18(13-16-25)24(2)14-11-17-7-5-4-6-8-17;/h4-10,18H,3,11-16H2,1-2H3,(H,23,26);1H. The van der Waals surface area contributed by atoms with Crippen LogP contribution in [0.2, 0.25) is 0 Å². The number of rotatable bonds is 7. The highest BCUT2D eigenvalue weighted by Crippen LogP contribution is 2.25. The number of anilines is 1. The van der Waals surface area contributed by atoms with Gasteiger partial charge in [-0.2, -0.15) is 0 Å². The van der Waals surface area contributed by atoms with Crippen molar-refractivity contribution in [2.75, 3.05) is 32.0 Å². The van der Waals surface area contributed by atoms with Gasteiger partial charge in [-0.25, -0.2) is 0 Å². The molecule has 7 heteroatoms. The first-order valence-electron chi connectivity index (χ1n) is 10.00. The number of halogens is 1. The van der Waals surface area contributed by atoms with Crippen LogP contribution in [0.1, 0.15) is 41.4 Å². The lowest BCUT2D eigenvalue weighted by molar-refractivity contribution is -0.115. The molecule has 0 aliphatic carbocycles. The van der Waals surface area contributed by atoms with Crippen LogP contribution in [0.4, 0.5) is 5.00 Å². The molecule has 2 aromatic rings. The van der Waals surface area contributed by atoms with Crippen LogP contribution < -0.4 is 5.32 Å². The van der Waals surface area contributed by atoms with Crippen molar-refractivity contribution in [3.8, 4) is 0 Å². The van der Waals surface area contributed by atoms with Gasteiger partial charge < -0.3 is 15.1 Å². The lowest BCUT2D eigenvalue weighted by Gasteiger charge is -2.36. The van der Waals surface area contributed by atoms with Crippen molar-refractivity contribution in [3.05, 3.63) is 52.9 Å². The molecule has 1 saturated heterocycles. The molecule has 1 aromatic heterocycles. The number of hydrogen-bond donors (Lipinski definition) is 1. The molecule has 5 nitrogen and oxygen atoms in total. The third-order valence-corrected chi connectivity index (χ3v) is 6.36. The number of piperidine rings is 1. The molecule has 158 valence electrons. The number of likely N-dealkylation sites (N-methyl/N-ethyl adjacent to an activating group) is 1. The molecule has 29 heavy (non-hydrogen) atoms. The highest BCUT2D eigenvalue weighted by Gasteiger charge is 2.26. The maximum absolute atomic E-state index is 12.8. The Morgan fingerprint density at radius 1 is 1.14 bits per heavy atom. The second-order valence-electron chi connectivity index (χ2n) is 7.31. The molecule has 2 amide bonds. The van der Waals surface area contributed by atoms with Crippen molar-refractivity contribution in [2.45, 2.75) is 38.6 Å². The van der Waals surface area contributed by atoms with Gasteiger partial charge in [0.05, 0.1) is 9.88 Å². The molecular weight excluding hydrogens is 406 g/mol. The molecule has 0 bridgehead atoms. The molecule has 1 aromatic carbocycles. The van der Waals surface area contributed by atoms with Crippen molar-refractivity contribution in [3.63, 3.8) is 0 Å². The van der Waals surface area contributed by atoms with E-state index in [0.717, 1.165) is 43.9 Å². The van der Waals surface area contributed by atoms with Crippen molar-refractivity contribution in [2.24, 2.45) is 0 Å². The summed E-state index contributed by atoms with van der Waals surface area (Å²) in [7, 11) is 2.19. The van der Waals surface area contributed by atoms with Crippen LogP contribution in [0.5, 0.6) is 0 Å². The van der Waals surface area contributed by atoms with E-state index >= 15 is 0 Å². The lowest BCUT2D eigenvalue weighted by atomic mass is 10.0. The van der Waals surface area contributed by atoms with Crippen molar-refractivity contribution in [1.82, 2.24) is 9.80 Å². The Morgan fingerprint density at radius 3 is 2.48 bits per heavy atom. The number of hydrogen-bond acceptors (Lipinski definition) is 4. The number of thiophene rings is 1. The molecule has 1 aliphatic rings.